The van der Waals surface area contributed by atoms with Crippen LogP contribution in [-0.4, -0.2) is 47.0 Å². The quantitative estimate of drug-likeness (QED) is 0.674. The molecule has 1 aromatic rings. The standard InChI is InChI=1S/C22H36N4O2/c1-8-15(3)12-18(23)19-16(9-2)13-26(20(19)24-7)17-10-11-25(14-17)21(27)28-22(4,5)6/h12-13,17,23-24H,8-11,14H2,1-7H3/b15-12+,23-18?. The third kappa shape index (κ3) is 4.97. The Labute approximate surface area is 169 Å². The molecule has 2 heterocycles. The second-order valence-corrected chi connectivity index (χ2v) is 8.52. The summed E-state index contributed by atoms with van der Waals surface area (Å²) in [6.45, 7) is 13.3. The maximum atomic E-state index is 12.4. The fourth-order valence-corrected chi connectivity index (χ4v) is 3.57. The Balaban J connectivity index is 2.30. The van der Waals surface area contributed by atoms with Gasteiger partial charge in [0.15, 0.2) is 0 Å². The monoisotopic (exact) mass is 388 g/mol. The number of nitrogens with one attached hydrogen (secondary N) is 2. The van der Waals surface area contributed by atoms with Crippen LogP contribution in [0.4, 0.5) is 10.6 Å². The van der Waals surface area contributed by atoms with E-state index in [4.69, 9.17) is 10.1 Å². The van der Waals surface area contributed by atoms with Gasteiger partial charge in [-0.25, -0.2) is 4.79 Å². The highest BCUT2D eigenvalue weighted by atomic mass is 16.6. The van der Waals surface area contributed by atoms with Crippen molar-refractivity contribution in [1.82, 2.24) is 9.47 Å². The predicted molar refractivity (Wildman–Crippen MR) is 116 cm³/mol. The van der Waals surface area contributed by atoms with Crippen LogP contribution in [0.2, 0.25) is 0 Å². The minimum absolute atomic E-state index is 0.179. The van der Waals surface area contributed by atoms with Gasteiger partial charge in [0.25, 0.3) is 0 Å². The Bertz CT molecular complexity index is 755. The number of hydrogen-bond acceptors (Lipinski definition) is 4. The van der Waals surface area contributed by atoms with Crippen LogP contribution in [0.1, 0.15) is 71.6 Å². The van der Waals surface area contributed by atoms with Gasteiger partial charge in [0.05, 0.1) is 11.8 Å². The maximum absolute atomic E-state index is 12.4. The largest absolute Gasteiger partial charge is 0.444 e. The number of amides is 1. The van der Waals surface area contributed by atoms with Gasteiger partial charge in [-0.2, -0.15) is 0 Å². The number of anilines is 1. The SMILES string of the molecule is CC/C(C)=C/C(=N)c1c(CC)cn(C2CCN(C(=O)OC(C)(C)C)C2)c1NC. The van der Waals surface area contributed by atoms with E-state index in [1.807, 2.05) is 33.9 Å². The lowest BCUT2D eigenvalue weighted by Gasteiger charge is -2.24. The van der Waals surface area contributed by atoms with Crippen LogP contribution in [0.15, 0.2) is 17.8 Å². The van der Waals surface area contributed by atoms with E-state index in [0.717, 1.165) is 36.2 Å². The first-order valence-corrected chi connectivity index (χ1v) is 10.3. The van der Waals surface area contributed by atoms with Gasteiger partial charge in [-0.05, 0) is 58.6 Å². The molecule has 0 saturated carbocycles. The van der Waals surface area contributed by atoms with Crippen molar-refractivity contribution in [2.24, 2.45) is 0 Å². The number of carbonyl (C=O) groups excluding carboxylic acids is 1. The number of aryl methyl sites for hydroxylation is 1. The summed E-state index contributed by atoms with van der Waals surface area (Å²) in [6.07, 6.45) is 6.53. The Morgan fingerprint density at radius 1 is 1.39 bits per heavy atom. The number of likely N-dealkylation sites (tertiary alicyclic amines) is 1. The molecule has 1 fully saturated rings. The molecule has 1 unspecified atom stereocenters. The first kappa shape index (κ1) is 22.1. The van der Waals surface area contributed by atoms with Crippen LogP contribution >= 0.6 is 0 Å². The predicted octanol–water partition coefficient (Wildman–Crippen LogP) is 5.00. The fourth-order valence-electron chi connectivity index (χ4n) is 3.57. The van der Waals surface area contributed by atoms with E-state index in [0.29, 0.717) is 18.8 Å². The minimum atomic E-state index is -0.486. The van der Waals surface area contributed by atoms with Gasteiger partial charge < -0.3 is 24.9 Å². The molecule has 1 aliphatic heterocycles. The molecule has 0 aliphatic carbocycles. The molecule has 2 rings (SSSR count). The van der Waals surface area contributed by atoms with Gasteiger partial charge in [0, 0.05) is 31.9 Å². The molecule has 1 aliphatic rings. The summed E-state index contributed by atoms with van der Waals surface area (Å²) in [4.78, 5) is 14.2. The lowest BCUT2D eigenvalue weighted by molar-refractivity contribution is 0.0289. The Hall–Kier alpha value is -2.24. The van der Waals surface area contributed by atoms with Gasteiger partial charge in [-0.15, -0.1) is 0 Å². The van der Waals surface area contributed by atoms with Crippen molar-refractivity contribution < 1.29 is 9.53 Å². The molecule has 6 nitrogen and oxygen atoms in total. The van der Waals surface area contributed by atoms with Gasteiger partial charge in [-0.1, -0.05) is 19.4 Å². The van der Waals surface area contributed by atoms with Crippen molar-refractivity contribution in [3.8, 4) is 0 Å². The van der Waals surface area contributed by atoms with Crippen molar-refractivity contribution in [3.63, 3.8) is 0 Å². The molecule has 1 amide bonds. The third-order valence-corrected chi connectivity index (χ3v) is 5.15. The molecule has 0 bridgehead atoms. The van der Waals surface area contributed by atoms with E-state index < -0.39 is 5.60 Å². The van der Waals surface area contributed by atoms with Crippen LogP contribution in [0.5, 0.6) is 0 Å². The maximum Gasteiger partial charge on any atom is 0.410 e. The summed E-state index contributed by atoms with van der Waals surface area (Å²) >= 11 is 0. The second kappa shape index (κ2) is 8.84. The molecular formula is C22H36N4O2. The molecule has 2 N–H and O–H groups in total. The Kier molecular flexibility index (Phi) is 6.96. The third-order valence-electron chi connectivity index (χ3n) is 5.15. The fraction of sp³-hybridized carbons (Fsp3) is 0.636. The van der Waals surface area contributed by atoms with E-state index in [1.54, 1.807) is 4.90 Å². The van der Waals surface area contributed by atoms with Crippen molar-refractivity contribution in [2.75, 3.05) is 25.5 Å². The minimum Gasteiger partial charge on any atom is -0.444 e. The van der Waals surface area contributed by atoms with Gasteiger partial charge in [0.2, 0.25) is 0 Å². The average molecular weight is 389 g/mol. The van der Waals surface area contributed by atoms with E-state index in [1.165, 1.54) is 5.57 Å². The summed E-state index contributed by atoms with van der Waals surface area (Å²) in [7, 11) is 1.90. The molecule has 6 heteroatoms. The van der Waals surface area contributed by atoms with Crippen molar-refractivity contribution >= 4 is 17.6 Å². The molecule has 1 saturated heterocycles. The lowest BCUT2D eigenvalue weighted by Crippen LogP contribution is -2.35. The van der Waals surface area contributed by atoms with Gasteiger partial charge in [0.1, 0.15) is 11.4 Å². The number of carbonyl (C=O) groups is 1. The van der Waals surface area contributed by atoms with Crippen LogP contribution in [0, 0.1) is 5.41 Å². The second-order valence-electron chi connectivity index (χ2n) is 8.52. The van der Waals surface area contributed by atoms with Crippen LogP contribution in [-0.2, 0) is 11.2 Å². The van der Waals surface area contributed by atoms with E-state index >= 15 is 0 Å². The van der Waals surface area contributed by atoms with E-state index in [9.17, 15) is 4.79 Å². The Morgan fingerprint density at radius 2 is 2.07 bits per heavy atom. The molecular weight excluding hydrogens is 352 g/mol. The molecule has 28 heavy (non-hydrogen) atoms. The molecule has 1 aromatic heterocycles. The zero-order valence-electron chi connectivity index (χ0n) is 18.5. The molecule has 0 aromatic carbocycles. The first-order chi connectivity index (χ1) is 13.1. The first-order valence-electron chi connectivity index (χ1n) is 10.3. The molecule has 1 atom stereocenters. The Morgan fingerprint density at radius 3 is 2.61 bits per heavy atom. The molecule has 0 radical (unpaired) electrons. The number of allylic oxidation sites excluding steroid dienone is 2. The van der Waals surface area contributed by atoms with Crippen molar-refractivity contribution in [1.29, 1.82) is 5.41 Å². The van der Waals surface area contributed by atoms with E-state index in [-0.39, 0.29) is 12.1 Å². The zero-order valence-corrected chi connectivity index (χ0v) is 18.5. The van der Waals surface area contributed by atoms with Crippen molar-refractivity contribution in [3.05, 3.63) is 29.0 Å². The number of aromatic nitrogens is 1. The van der Waals surface area contributed by atoms with Gasteiger partial charge >= 0.3 is 6.09 Å². The summed E-state index contributed by atoms with van der Waals surface area (Å²) in [5.41, 5.74) is 3.37. The van der Waals surface area contributed by atoms with Crippen LogP contribution < -0.4 is 5.32 Å². The summed E-state index contributed by atoms with van der Waals surface area (Å²) in [5.74, 6) is 0.957. The summed E-state index contributed by atoms with van der Waals surface area (Å²) in [6, 6.07) is 0.179. The van der Waals surface area contributed by atoms with Gasteiger partial charge in [-0.3, -0.25) is 0 Å². The van der Waals surface area contributed by atoms with Crippen LogP contribution in [0.3, 0.4) is 0 Å². The topological polar surface area (TPSA) is 70.4 Å². The number of nitrogens with zero attached hydrogens (tertiary/aromatic N) is 2. The highest BCUT2D eigenvalue weighted by molar-refractivity contribution is 6.11. The number of ether oxygens (including phenoxy) is 1. The lowest BCUT2D eigenvalue weighted by atomic mass is 10.0. The number of rotatable bonds is 6. The normalized spacial score (nSPS) is 17.8. The van der Waals surface area contributed by atoms with E-state index in [2.05, 4.69) is 36.9 Å². The highest BCUT2D eigenvalue weighted by Crippen LogP contribution is 2.32. The summed E-state index contributed by atoms with van der Waals surface area (Å²) < 4.78 is 7.74. The molecule has 156 valence electrons. The highest BCUT2D eigenvalue weighted by Gasteiger charge is 2.32. The summed E-state index contributed by atoms with van der Waals surface area (Å²) in [5, 5.41) is 11.9. The number of hydrogen-bond donors (Lipinski definition) is 2. The molecule has 0 spiro atoms. The van der Waals surface area contributed by atoms with Crippen LogP contribution in [0.25, 0.3) is 0 Å². The van der Waals surface area contributed by atoms with Crippen molar-refractivity contribution in [2.45, 2.75) is 72.4 Å². The average Bonchev–Trinajstić information content (AvgIpc) is 3.23. The smallest absolute Gasteiger partial charge is 0.410 e. The zero-order chi connectivity index (χ0) is 21.1.